The van der Waals surface area contributed by atoms with Gasteiger partial charge < -0.3 is 10.1 Å². The second-order valence-electron chi connectivity index (χ2n) is 4.02. The highest BCUT2D eigenvalue weighted by molar-refractivity contribution is 5.75. The Hall–Kier alpha value is -1.51. The summed E-state index contributed by atoms with van der Waals surface area (Å²) < 4.78 is 5.49. The van der Waals surface area contributed by atoms with E-state index in [9.17, 15) is 4.79 Å². The minimum atomic E-state index is 0.110. The maximum atomic E-state index is 11.3. The van der Waals surface area contributed by atoms with E-state index in [4.69, 9.17) is 4.74 Å². The molecule has 0 saturated heterocycles. The van der Waals surface area contributed by atoms with Crippen molar-refractivity contribution in [1.82, 2.24) is 5.32 Å². The molecule has 3 nitrogen and oxygen atoms in total. The topological polar surface area (TPSA) is 38.3 Å². The number of hydrogen-bond donors (Lipinski definition) is 1. The molecule has 1 aromatic carbocycles. The molecule has 0 heterocycles. The van der Waals surface area contributed by atoms with Gasteiger partial charge >= 0.3 is 0 Å². The van der Waals surface area contributed by atoms with E-state index < -0.39 is 0 Å². The number of carbonyl (C=O) groups is 1. The lowest BCUT2D eigenvalue weighted by atomic mass is 10.2. The van der Waals surface area contributed by atoms with Crippen molar-refractivity contribution in [3.8, 4) is 5.75 Å². The molecule has 0 saturated carbocycles. The molecule has 1 rings (SSSR count). The van der Waals surface area contributed by atoms with Crippen molar-refractivity contribution in [2.24, 2.45) is 0 Å². The summed E-state index contributed by atoms with van der Waals surface area (Å²) in [5.74, 6) is 0.995. The van der Waals surface area contributed by atoms with E-state index in [1.165, 1.54) is 0 Å². The van der Waals surface area contributed by atoms with Crippen LogP contribution in [0.4, 0.5) is 0 Å². The molecule has 0 aliphatic rings. The average molecular weight is 235 g/mol. The summed E-state index contributed by atoms with van der Waals surface area (Å²) in [6.07, 6.45) is 2.49. The van der Waals surface area contributed by atoms with Crippen molar-refractivity contribution in [2.75, 3.05) is 6.61 Å². The first-order valence-corrected chi connectivity index (χ1v) is 6.24. The van der Waals surface area contributed by atoms with Crippen LogP contribution in [-0.4, -0.2) is 12.5 Å². The molecular formula is C14H21NO2. The summed E-state index contributed by atoms with van der Waals surface area (Å²) in [7, 11) is 0. The first kappa shape index (κ1) is 13.6. The van der Waals surface area contributed by atoms with Crippen LogP contribution in [0.2, 0.25) is 0 Å². The first-order chi connectivity index (χ1) is 8.26. The van der Waals surface area contributed by atoms with E-state index in [2.05, 4.69) is 12.2 Å². The fraction of sp³-hybridized carbons (Fsp3) is 0.500. The lowest BCUT2D eigenvalue weighted by Gasteiger charge is -2.07. The number of ether oxygens (including phenoxy) is 1. The molecule has 0 bridgehead atoms. The maximum absolute atomic E-state index is 11.3. The van der Waals surface area contributed by atoms with Gasteiger partial charge in [0.05, 0.1) is 6.61 Å². The van der Waals surface area contributed by atoms with Gasteiger partial charge in [-0.3, -0.25) is 4.79 Å². The molecule has 17 heavy (non-hydrogen) atoms. The highest BCUT2D eigenvalue weighted by Gasteiger charge is 1.99. The maximum Gasteiger partial charge on any atom is 0.220 e. The van der Waals surface area contributed by atoms with Gasteiger partial charge in [0.1, 0.15) is 5.75 Å². The van der Waals surface area contributed by atoms with Gasteiger partial charge in [-0.25, -0.2) is 0 Å². The van der Waals surface area contributed by atoms with Crippen molar-refractivity contribution in [3.63, 3.8) is 0 Å². The fourth-order valence-corrected chi connectivity index (χ4v) is 1.44. The Morgan fingerprint density at radius 2 is 1.88 bits per heavy atom. The van der Waals surface area contributed by atoms with Gasteiger partial charge in [-0.1, -0.05) is 26.0 Å². The van der Waals surface area contributed by atoms with Gasteiger partial charge in [0, 0.05) is 13.0 Å². The quantitative estimate of drug-likeness (QED) is 0.789. The third-order valence-electron chi connectivity index (χ3n) is 2.36. The van der Waals surface area contributed by atoms with Crippen LogP contribution in [0.5, 0.6) is 5.75 Å². The molecule has 3 heteroatoms. The molecule has 0 aromatic heterocycles. The standard InChI is InChI=1S/C14H21NO2/c1-3-5-14(16)15-11-12-6-8-13(9-7-12)17-10-4-2/h6-9H,3-5,10-11H2,1-2H3,(H,15,16). The molecule has 0 radical (unpaired) electrons. The van der Waals surface area contributed by atoms with Crippen LogP contribution in [-0.2, 0) is 11.3 Å². The predicted molar refractivity (Wildman–Crippen MR) is 69.0 cm³/mol. The number of rotatable bonds is 7. The lowest BCUT2D eigenvalue weighted by Crippen LogP contribution is -2.21. The molecule has 0 aliphatic heterocycles. The van der Waals surface area contributed by atoms with Crippen LogP contribution in [0, 0.1) is 0 Å². The monoisotopic (exact) mass is 235 g/mol. The average Bonchev–Trinajstić information content (AvgIpc) is 2.35. The smallest absolute Gasteiger partial charge is 0.220 e. The van der Waals surface area contributed by atoms with Crippen molar-refractivity contribution < 1.29 is 9.53 Å². The number of hydrogen-bond acceptors (Lipinski definition) is 2. The van der Waals surface area contributed by atoms with E-state index in [-0.39, 0.29) is 5.91 Å². The highest BCUT2D eigenvalue weighted by atomic mass is 16.5. The zero-order valence-corrected chi connectivity index (χ0v) is 10.7. The Morgan fingerprint density at radius 3 is 2.47 bits per heavy atom. The molecule has 0 fully saturated rings. The Kier molecular flexibility index (Phi) is 6.15. The summed E-state index contributed by atoms with van der Waals surface area (Å²) >= 11 is 0. The van der Waals surface area contributed by atoms with Crippen LogP contribution in [0.15, 0.2) is 24.3 Å². The molecule has 0 atom stereocenters. The summed E-state index contributed by atoms with van der Waals surface area (Å²) in [5.41, 5.74) is 1.10. The van der Waals surface area contributed by atoms with Crippen LogP contribution in [0.3, 0.4) is 0 Å². The van der Waals surface area contributed by atoms with E-state index in [1.807, 2.05) is 31.2 Å². The van der Waals surface area contributed by atoms with Crippen molar-refractivity contribution in [3.05, 3.63) is 29.8 Å². The summed E-state index contributed by atoms with van der Waals surface area (Å²) in [6.45, 7) is 5.41. The molecule has 0 unspecified atom stereocenters. The third-order valence-corrected chi connectivity index (χ3v) is 2.36. The number of amides is 1. The van der Waals surface area contributed by atoms with Crippen LogP contribution in [0.25, 0.3) is 0 Å². The predicted octanol–water partition coefficient (Wildman–Crippen LogP) is 2.89. The van der Waals surface area contributed by atoms with Gasteiger partial charge in [-0.15, -0.1) is 0 Å². The number of nitrogens with one attached hydrogen (secondary N) is 1. The summed E-state index contributed by atoms with van der Waals surface area (Å²) in [6, 6.07) is 7.85. The Morgan fingerprint density at radius 1 is 1.18 bits per heavy atom. The van der Waals surface area contributed by atoms with E-state index >= 15 is 0 Å². The zero-order valence-electron chi connectivity index (χ0n) is 10.7. The van der Waals surface area contributed by atoms with Crippen molar-refractivity contribution in [2.45, 2.75) is 39.7 Å². The third kappa shape index (κ3) is 5.38. The normalized spacial score (nSPS) is 10.0. The molecule has 1 amide bonds. The second kappa shape index (κ2) is 7.71. The summed E-state index contributed by atoms with van der Waals surface area (Å²) in [4.78, 5) is 11.3. The first-order valence-electron chi connectivity index (χ1n) is 6.24. The minimum absolute atomic E-state index is 0.110. The molecular weight excluding hydrogens is 214 g/mol. The van der Waals surface area contributed by atoms with E-state index in [1.54, 1.807) is 0 Å². The van der Waals surface area contributed by atoms with Gasteiger partial charge in [-0.2, -0.15) is 0 Å². The molecule has 0 aliphatic carbocycles. The fourth-order valence-electron chi connectivity index (χ4n) is 1.44. The van der Waals surface area contributed by atoms with E-state index in [0.29, 0.717) is 13.0 Å². The summed E-state index contributed by atoms with van der Waals surface area (Å²) in [5, 5.41) is 2.88. The number of carbonyl (C=O) groups excluding carboxylic acids is 1. The zero-order chi connectivity index (χ0) is 12.5. The van der Waals surface area contributed by atoms with Gasteiger partial charge in [-0.05, 0) is 30.5 Å². The Balaban J connectivity index is 2.37. The molecule has 0 spiro atoms. The molecule has 1 aromatic rings. The Labute approximate surface area is 103 Å². The van der Waals surface area contributed by atoms with Gasteiger partial charge in [0.2, 0.25) is 5.91 Å². The van der Waals surface area contributed by atoms with Crippen LogP contribution >= 0.6 is 0 Å². The molecule has 94 valence electrons. The lowest BCUT2D eigenvalue weighted by molar-refractivity contribution is -0.121. The van der Waals surface area contributed by atoms with Crippen LogP contribution in [0.1, 0.15) is 38.7 Å². The SMILES string of the molecule is CCCOc1ccc(CNC(=O)CCC)cc1. The van der Waals surface area contributed by atoms with Crippen LogP contribution < -0.4 is 10.1 Å². The second-order valence-corrected chi connectivity index (χ2v) is 4.02. The molecule has 1 N–H and O–H groups in total. The van der Waals surface area contributed by atoms with Crippen molar-refractivity contribution >= 4 is 5.91 Å². The largest absolute Gasteiger partial charge is 0.494 e. The van der Waals surface area contributed by atoms with Crippen molar-refractivity contribution in [1.29, 1.82) is 0 Å². The Bertz CT molecular complexity index is 333. The van der Waals surface area contributed by atoms with E-state index in [0.717, 1.165) is 30.8 Å². The van der Waals surface area contributed by atoms with Gasteiger partial charge in [0.25, 0.3) is 0 Å². The number of benzene rings is 1. The van der Waals surface area contributed by atoms with Gasteiger partial charge in [0.15, 0.2) is 0 Å². The minimum Gasteiger partial charge on any atom is -0.494 e. The highest BCUT2D eigenvalue weighted by Crippen LogP contribution is 2.12.